The molecule has 4 rings (SSSR count). The van der Waals surface area contributed by atoms with Crippen molar-refractivity contribution in [1.29, 1.82) is 0 Å². The van der Waals surface area contributed by atoms with Gasteiger partial charge >= 0.3 is 0 Å². The van der Waals surface area contributed by atoms with E-state index in [0.29, 0.717) is 23.8 Å². The van der Waals surface area contributed by atoms with Crippen LogP contribution in [0, 0.1) is 6.92 Å². The number of amides is 1. The number of fused-ring (bicyclic) bond motifs is 1. The van der Waals surface area contributed by atoms with Crippen LogP contribution < -0.4 is 10.0 Å². The number of nitrogens with one attached hydrogen (secondary N) is 2. The Labute approximate surface area is 178 Å². The Hall–Kier alpha value is -3.17. The molecule has 2 heterocycles. The molecule has 4 aromatic rings. The summed E-state index contributed by atoms with van der Waals surface area (Å²) in [7, 11) is -3.71. The number of thiazole rings is 1. The average Bonchev–Trinajstić information content (AvgIpc) is 3.34. The summed E-state index contributed by atoms with van der Waals surface area (Å²) in [6.07, 6.45) is 3.88. The van der Waals surface area contributed by atoms with Crippen LogP contribution >= 0.6 is 11.3 Å². The van der Waals surface area contributed by atoms with Crippen LogP contribution in [0.25, 0.3) is 10.9 Å². The van der Waals surface area contributed by atoms with Gasteiger partial charge in [-0.25, -0.2) is 13.4 Å². The summed E-state index contributed by atoms with van der Waals surface area (Å²) in [5, 5.41) is 5.99. The number of para-hydroxylation sites is 1. The first-order valence-electron chi connectivity index (χ1n) is 9.29. The maximum Gasteiger partial charge on any atom is 0.263 e. The Morgan fingerprint density at radius 1 is 1.13 bits per heavy atom. The van der Waals surface area contributed by atoms with Crippen molar-refractivity contribution < 1.29 is 13.2 Å². The van der Waals surface area contributed by atoms with Crippen molar-refractivity contribution in [2.24, 2.45) is 0 Å². The summed E-state index contributed by atoms with van der Waals surface area (Å²) in [5.74, 6) is -0.137. The summed E-state index contributed by atoms with van der Waals surface area (Å²) in [6, 6.07) is 14.1. The molecule has 0 bridgehead atoms. The predicted octanol–water partition coefficient (Wildman–Crippen LogP) is 4.24. The second-order valence-electron chi connectivity index (χ2n) is 6.79. The van der Waals surface area contributed by atoms with Gasteiger partial charge in [-0.15, -0.1) is 11.3 Å². The quantitative estimate of drug-likeness (QED) is 0.450. The number of nitrogens with zero attached hydrogens (tertiary/aromatic N) is 2. The molecule has 0 spiro atoms. The second-order valence-corrected chi connectivity index (χ2v) is 9.36. The minimum Gasteiger partial charge on any atom is -0.347 e. The van der Waals surface area contributed by atoms with Gasteiger partial charge in [-0.2, -0.15) is 0 Å². The summed E-state index contributed by atoms with van der Waals surface area (Å²) in [6.45, 7) is 2.61. The Morgan fingerprint density at radius 3 is 2.63 bits per heavy atom. The number of sulfonamides is 1. The van der Waals surface area contributed by atoms with Crippen LogP contribution in [-0.4, -0.2) is 23.9 Å². The first-order chi connectivity index (χ1) is 14.4. The van der Waals surface area contributed by atoms with Gasteiger partial charge in [0.1, 0.15) is 0 Å². The Kier molecular flexibility index (Phi) is 5.56. The molecule has 0 aliphatic carbocycles. The maximum atomic E-state index is 12.4. The fraction of sp³-hybridized carbons (Fsp3) is 0.143. The van der Waals surface area contributed by atoms with Crippen molar-refractivity contribution in [3.63, 3.8) is 0 Å². The van der Waals surface area contributed by atoms with Crippen molar-refractivity contribution in [2.75, 3.05) is 10.0 Å². The topological polar surface area (TPSA) is 93.1 Å². The van der Waals surface area contributed by atoms with Crippen LogP contribution in [0.5, 0.6) is 0 Å². The molecule has 0 aliphatic heterocycles. The SMILES string of the molecule is Cc1cn(CCC(=O)Nc2ccc(S(=O)(=O)Nc3nccs3)cc2)c2ccccc12. The third-order valence-electron chi connectivity index (χ3n) is 4.67. The molecule has 154 valence electrons. The number of hydrogen-bond donors (Lipinski definition) is 2. The molecule has 2 aromatic heterocycles. The number of carbonyl (C=O) groups is 1. The van der Waals surface area contributed by atoms with Gasteiger partial charge in [0, 0.05) is 47.3 Å². The van der Waals surface area contributed by atoms with Crippen LogP contribution in [0.2, 0.25) is 0 Å². The van der Waals surface area contributed by atoms with Gasteiger partial charge in [0.2, 0.25) is 5.91 Å². The number of anilines is 2. The van der Waals surface area contributed by atoms with E-state index < -0.39 is 10.0 Å². The molecule has 30 heavy (non-hydrogen) atoms. The number of rotatable bonds is 7. The highest BCUT2D eigenvalue weighted by atomic mass is 32.2. The molecule has 0 atom stereocenters. The minimum atomic E-state index is -3.71. The van der Waals surface area contributed by atoms with E-state index in [0.717, 1.165) is 5.52 Å². The number of aromatic nitrogens is 2. The highest BCUT2D eigenvalue weighted by Gasteiger charge is 2.15. The molecule has 1 amide bonds. The Bertz CT molecular complexity index is 1280. The lowest BCUT2D eigenvalue weighted by Gasteiger charge is -2.09. The smallest absolute Gasteiger partial charge is 0.263 e. The van der Waals surface area contributed by atoms with E-state index in [1.807, 2.05) is 24.4 Å². The number of aryl methyl sites for hydroxylation is 2. The largest absolute Gasteiger partial charge is 0.347 e. The van der Waals surface area contributed by atoms with Gasteiger partial charge in [0.05, 0.1) is 4.90 Å². The Morgan fingerprint density at radius 2 is 1.90 bits per heavy atom. The summed E-state index contributed by atoms with van der Waals surface area (Å²) >= 11 is 1.20. The first kappa shape index (κ1) is 20.1. The van der Waals surface area contributed by atoms with E-state index in [-0.39, 0.29) is 10.8 Å². The van der Waals surface area contributed by atoms with E-state index in [9.17, 15) is 13.2 Å². The van der Waals surface area contributed by atoms with Gasteiger partial charge in [-0.05, 0) is 42.8 Å². The molecule has 9 heteroatoms. The number of hydrogen-bond acceptors (Lipinski definition) is 5. The van der Waals surface area contributed by atoms with Gasteiger partial charge < -0.3 is 9.88 Å². The molecular weight excluding hydrogens is 420 g/mol. The number of carbonyl (C=O) groups excluding carboxylic acids is 1. The Balaban J connectivity index is 1.38. The van der Waals surface area contributed by atoms with Gasteiger partial charge in [-0.1, -0.05) is 18.2 Å². The lowest BCUT2D eigenvalue weighted by Crippen LogP contribution is -2.15. The van der Waals surface area contributed by atoms with Crippen LogP contribution in [0.1, 0.15) is 12.0 Å². The fourth-order valence-corrected chi connectivity index (χ4v) is 5.01. The van der Waals surface area contributed by atoms with Crippen molar-refractivity contribution in [3.8, 4) is 0 Å². The summed E-state index contributed by atoms with van der Waals surface area (Å²) in [4.78, 5) is 16.4. The van der Waals surface area contributed by atoms with Crippen molar-refractivity contribution in [3.05, 3.63) is 71.9 Å². The van der Waals surface area contributed by atoms with E-state index in [1.54, 1.807) is 17.5 Å². The molecule has 0 radical (unpaired) electrons. The highest BCUT2D eigenvalue weighted by Crippen LogP contribution is 2.21. The van der Waals surface area contributed by atoms with Crippen LogP contribution in [0.4, 0.5) is 10.8 Å². The molecule has 7 nitrogen and oxygen atoms in total. The van der Waals surface area contributed by atoms with Gasteiger partial charge in [0.25, 0.3) is 10.0 Å². The van der Waals surface area contributed by atoms with Gasteiger partial charge in [-0.3, -0.25) is 9.52 Å². The van der Waals surface area contributed by atoms with Crippen molar-refractivity contribution >= 4 is 49.0 Å². The molecule has 2 N–H and O–H groups in total. The van der Waals surface area contributed by atoms with E-state index >= 15 is 0 Å². The van der Waals surface area contributed by atoms with Crippen molar-refractivity contribution in [2.45, 2.75) is 24.8 Å². The third kappa shape index (κ3) is 4.37. The normalized spacial score (nSPS) is 11.5. The summed E-state index contributed by atoms with van der Waals surface area (Å²) < 4.78 is 29.2. The molecule has 0 fully saturated rings. The predicted molar refractivity (Wildman–Crippen MR) is 119 cm³/mol. The molecular formula is C21H20N4O3S2. The highest BCUT2D eigenvalue weighted by molar-refractivity contribution is 7.93. The van der Waals surface area contributed by atoms with E-state index in [4.69, 9.17) is 0 Å². The maximum absolute atomic E-state index is 12.4. The van der Waals surface area contributed by atoms with E-state index in [1.165, 1.54) is 40.6 Å². The molecule has 0 unspecified atom stereocenters. The third-order valence-corrected chi connectivity index (χ3v) is 6.84. The van der Waals surface area contributed by atoms with Gasteiger partial charge in [0.15, 0.2) is 5.13 Å². The minimum absolute atomic E-state index is 0.102. The van der Waals surface area contributed by atoms with E-state index in [2.05, 4.69) is 32.6 Å². The zero-order valence-corrected chi connectivity index (χ0v) is 17.8. The molecule has 2 aromatic carbocycles. The van der Waals surface area contributed by atoms with Crippen LogP contribution in [-0.2, 0) is 21.4 Å². The standard InChI is InChI=1S/C21H20N4O3S2/c1-15-14-25(19-5-3-2-4-18(15)19)12-10-20(26)23-16-6-8-17(9-7-16)30(27,28)24-21-22-11-13-29-21/h2-9,11,13-14H,10,12H2,1H3,(H,22,24)(H,23,26). The molecule has 0 saturated carbocycles. The van der Waals surface area contributed by atoms with Crippen molar-refractivity contribution in [1.82, 2.24) is 9.55 Å². The molecule has 0 saturated heterocycles. The van der Waals surface area contributed by atoms with Crippen LogP contribution in [0.3, 0.4) is 0 Å². The average molecular weight is 441 g/mol. The number of benzene rings is 2. The summed E-state index contributed by atoms with van der Waals surface area (Å²) in [5.41, 5.74) is 2.82. The van der Waals surface area contributed by atoms with Crippen LogP contribution in [0.15, 0.2) is 71.2 Å². The first-order valence-corrected chi connectivity index (χ1v) is 11.7. The fourth-order valence-electron chi connectivity index (χ4n) is 3.23. The lowest BCUT2D eigenvalue weighted by atomic mass is 10.2. The zero-order chi connectivity index (χ0) is 21.1. The monoisotopic (exact) mass is 440 g/mol. The zero-order valence-electron chi connectivity index (χ0n) is 16.2. The molecule has 0 aliphatic rings. The lowest BCUT2D eigenvalue weighted by molar-refractivity contribution is -0.116. The second kappa shape index (κ2) is 8.29.